The summed E-state index contributed by atoms with van der Waals surface area (Å²) in [7, 11) is -3.76. The molecule has 0 spiro atoms. The lowest BCUT2D eigenvalue weighted by Gasteiger charge is -2.26. The summed E-state index contributed by atoms with van der Waals surface area (Å²) in [4.78, 5) is 12.6. The lowest BCUT2D eigenvalue weighted by Crippen LogP contribution is -2.40. The topological polar surface area (TPSA) is 75.7 Å². The Morgan fingerprint density at radius 1 is 1.19 bits per heavy atom. The van der Waals surface area contributed by atoms with Gasteiger partial charge in [-0.05, 0) is 48.9 Å². The summed E-state index contributed by atoms with van der Waals surface area (Å²) < 4.78 is 45.3. The smallest absolute Gasteiger partial charge is 0.257 e. The van der Waals surface area contributed by atoms with E-state index in [1.165, 1.54) is 40.7 Å². The van der Waals surface area contributed by atoms with E-state index in [-0.39, 0.29) is 28.6 Å². The first-order chi connectivity index (χ1) is 12.8. The third-order valence-electron chi connectivity index (χ3n) is 4.23. The van der Waals surface area contributed by atoms with Crippen LogP contribution >= 0.6 is 11.6 Å². The van der Waals surface area contributed by atoms with Gasteiger partial charge < -0.3 is 10.1 Å². The molecule has 1 aliphatic rings. The summed E-state index contributed by atoms with van der Waals surface area (Å²) in [5.74, 6) is -0.990. The molecule has 0 bridgehead atoms. The van der Waals surface area contributed by atoms with Gasteiger partial charge in [0, 0.05) is 18.8 Å². The van der Waals surface area contributed by atoms with Crippen molar-refractivity contribution in [3.05, 3.63) is 58.4 Å². The number of carbonyl (C=O) groups excluding carboxylic acids is 1. The molecule has 0 saturated carbocycles. The third-order valence-corrected chi connectivity index (χ3v) is 6.45. The van der Waals surface area contributed by atoms with Crippen LogP contribution in [-0.2, 0) is 14.8 Å². The lowest BCUT2D eigenvalue weighted by molar-refractivity contribution is 0.0730. The lowest BCUT2D eigenvalue weighted by atomic mass is 10.1. The molecule has 0 atom stereocenters. The maximum absolute atomic E-state index is 13.2. The van der Waals surface area contributed by atoms with Gasteiger partial charge in [0.15, 0.2) is 0 Å². The van der Waals surface area contributed by atoms with Crippen LogP contribution in [0.3, 0.4) is 0 Å². The standard InChI is InChI=1S/C18H18ClFN2O4S/c1-12-10-13(20)2-5-17(12)21-18(23)15-11-14(3-4-16(15)19)27(24,25)22-6-8-26-9-7-22/h2-5,10-11H,6-9H2,1H3,(H,21,23). The van der Waals surface area contributed by atoms with Crippen LogP contribution in [-0.4, -0.2) is 44.9 Å². The summed E-state index contributed by atoms with van der Waals surface area (Å²) in [6.45, 7) is 2.80. The fourth-order valence-corrected chi connectivity index (χ4v) is 4.37. The number of aryl methyl sites for hydroxylation is 1. The van der Waals surface area contributed by atoms with E-state index in [0.717, 1.165) is 0 Å². The number of hydrogen-bond donors (Lipinski definition) is 1. The maximum atomic E-state index is 13.2. The van der Waals surface area contributed by atoms with Gasteiger partial charge in [-0.2, -0.15) is 4.31 Å². The molecule has 1 heterocycles. The molecule has 1 aliphatic heterocycles. The van der Waals surface area contributed by atoms with Crippen LogP contribution in [0.1, 0.15) is 15.9 Å². The number of morpholine rings is 1. The van der Waals surface area contributed by atoms with Crippen molar-refractivity contribution in [3.8, 4) is 0 Å². The van der Waals surface area contributed by atoms with Crippen LogP contribution < -0.4 is 5.32 Å². The van der Waals surface area contributed by atoms with Crippen LogP contribution in [0.4, 0.5) is 10.1 Å². The molecule has 3 rings (SSSR count). The molecule has 6 nitrogen and oxygen atoms in total. The van der Waals surface area contributed by atoms with E-state index in [9.17, 15) is 17.6 Å². The molecule has 0 radical (unpaired) electrons. The van der Waals surface area contributed by atoms with Crippen molar-refractivity contribution in [2.24, 2.45) is 0 Å². The van der Waals surface area contributed by atoms with Gasteiger partial charge in [0.05, 0.1) is 28.7 Å². The minimum Gasteiger partial charge on any atom is -0.379 e. The van der Waals surface area contributed by atoms with Gasteiger partial charge in [-0.25, -0.2) is 12.8 Å². The molecule has 0 aromatic heterocycles. The zero-order valence-electron chi connectivity index (χ0n) is 14.5. The number of amides is 1. The molecule has 1 saturated heterocycles. The number of benzene rings is 2. The van der Waals surface area contributed by atoms with Gasteiger partial charge in [0.25, 0.3) is 5.91 Å². The Morgan fingerprint density at radius 3 is 2.56 bits per heavy atom. The number of hydrogen-bond acceptors (Lipinski definition) is 4. The highest BCUT2D eigenvalue weighted by Crippen LogP contribution is 2.25. The molecule has 1 fully saturated rings. The summed E-state index contributed by atoms with van der Waals surface area (Å²) in [6, 6.07) is 7.94. The van der Waals surface area contributed by atoms with E-state index in [1.54, 1.807) is 6.92 Å². The fraction of sp³-hybridized carbons (Fsp3) is 0.278. The second-order valence-electron chi connectivity index (χ2n) is 6.07. The average Bonchev–Trinajstić information content (AvgIpc) is 2.65. The minimum atomic E-state index is -3.76. The highest BCUT2D eigenvalue weighted by molar-refractivity contribution is 7.89. The highest BCUT2D eigenvalue weighted by atomic mass is 35.5. The van der Waals surface area contributed by atoms with Gasteiger partial charge in [-0.15, -0.1) is 0 Å². The van der Waals surface area contributed by atoms with Crippen LogP contribution in [0.5, 0.6) is 0 Å². The third kappa shape index (κ3) is 4.30. The van der Waals surface area contributed by atoms with Crippen molar-refractivity contribution in [2.75, 3.05) is 31.6 Å². The van der Waals surface area contributed by atoms with Crippen molar-refractivity contribution < 1.29 is 22.3 Å². The molecule has 1 amide bonds. The SMILES string of the molecule is Cc1cc(F)ccc1NC(=O)c1cc(S(=O)(=O)N2CCOCC2)ccc1Cl. The van der Waals surface area contributed by atoms with Gasteiger partial charge in [0.1, 0.15) is 5.82 Å². The Bertz CT molecular complexity index is 975. The molecule has 144 valence electrons. The molecule has 0 aliphatic carbocycles. The van der Waals surface area contributed by atoms with E-state index >= 15 is 0 Å². The van der Waals surface area contributed by atoms with Crippen molar-refractivity contribution in [3.63, 3.8) is 0 Å². The minimum absolute atomic E-state index is 0.0187. The number of nitrogens with zero attached hydrogens (tertiary/aromatic N) is 1. The van der Waals surface area contributed by atoms with E-state index in [0.29, 0.717) is 24.5 Å². The summed E-state index contributed by atoms with van der Waals surface area (Å²) in [6.07, 6.45) is 0. The van der Waals surface area contributed by atoms with Crippen LogP contribution in [0, 0.1) is 12.7 Å². The number of halogens is 2. The second kappa shape index (κ2) is 7.93. The molecule has 1 N–H and O–H groups in total. The monoisotopic (exact) mass is 412 g/mol. The zero-order valence-corrected chi connectivity index (χ0v) is 16.1. The number of nitrogens with one attached hydrogen (secondary N) is 1. The first-order valence-corrected chi connectivity index (χ1v) is 10.1. The summed E-state index contributed by atoms with van der Waals surface area (Å²) >= 11 is 6.11. The second-order valence-corrected chi connectivity index (χ2v) is 8.42. The Balaban J connectivity index is 1.89. The Morgan fingerprint density at radius 2 is 1.89 bits per heavy atom. The van der Waals surface area contributed by atoms with Gasteiger partial charge in [-0.1, -0.05) is 11.6 Å². The summed E-state index contributed by atoms with van der Waals surface area (Å²) in [5, 5.41) is 2.75. The summed E-state index contributed by atoms with van der Waals surface area (Å²) in [5.41, 5.74) is 0.977. The van der Waals surface area contributed by atoms with Crippen molar-refractivity contribution >= 4 is 33.2 Å². The number of sulfonamides is 1. The van der Waals surface area contributed by atoms with Crippen LogP contribution in [0.25, 0.3) is 0 Å². The fourth-order valence-electron chi connectivity index (χ4n) is 2.73. The molecule has 9 heteroatoms. The molecule has 27 heavy (non-hydrogen) atoms. The van der Waals surface area contributed by atoms with E-state index < -0.39 is 21.7 Å². The van der Waals surface area contributed by atoms with Crippen molar-refractivity contribution in [1.29, 1.82) is 0 Å². The van der Waals surface area contributed by atoms with Crippen molar-refractivity contribution in [2.45, 2.75) is 11.8 Å². The normalized spacial score (nSPS) is 15.5. The molecule has 2 aromatic carbocycles. The van der Waals surface area contributed by atoms with Crippen LogP contribution in [0.2, 0.25) is 5.02 Å². The predicted octanol–water partition coefficient (Wildman–Crippen LogP) is 3.06. The molecular weight excluding hydrogens is 395 g/mol. The number of anilines is 1. The van der Waals surface area contributed by atoms with E-state index in [2.05, 4.69) is 5.32 Å². The number of carbonyl (C=O) groups is 1. The Labute approximate surface area is 161 Å². The van der Waals surface area contributed by atoms with Crippen molar-refractivity contribution in [1.82, 2.24) is 4.31 Å². The zero-order chi connectivity index (χ0) is 19.6. The quantitative estimate of drug-likeness (QED) is 0.837. The Kier molecular flexibility index (Phi) is 5.81. The van der Waals surface area contributed by atoms with Gasteiger partial charge >= 0.3 is 0 Å². The average molecular weight is 413 g/mol. The largest absolute Gasteiger partial charge is 0.379 e. The molecule has 2 aromatic rings. The van der Waals surface area contributed by atoms with Gasteiger partial charge in [0.2, 0.25) is 10.0 Å². The Hall–Kier alpha value is -2.00. The van der Waals surface area contributed by atoms with E-state index in [1.807, 2.05) is 0 Å². The maximum Gasteiger partial charge on any atom is 0.257 e. The first-order valence-electron chi connectivity index (χ1n) is 8.24. The number of rotatable bonds is 4. The predicted molar refractivity (Wildman–Crippen MR) is 100 cm³/mol. The molecular formula is C18H18ClFN2O4S. The first kappa shape index (κ1) is 19.8. The van der Waals surface area contributed by atoms with Crippen LogP contribution in [0.15, 0.2) is 41.3 Å². The molecule has 0 unspecified atom stereocenters. The van der Waals surface area contributed by atoms with E-state index in [4.69, 9.17) is 16.3 Å². The number of ether oxygens (including phenoxy) is 1. The highest BCUT2D eigenvalue weighted by Gasteiger charge is 2.27. The van der Waals surface area contributed by atoms with Gasteiger partial charge in [-0.3, -0.25) is 4.79 Å².